The lowest BCUT2D eigenvalue weighted by Crippen LogP contribution is -2.24. The summed E-state index contributed by atoms with van der Waals surface area (Å²) >= 11 is 0. The lowest BCUT2D eigenvalue weighted by molar-refractivity contribution is 0.243. The van der Waals surface area contributed by atoms with Gasteiger partial charge in [0.1, 0.15) is 11.5 Å². The molecule has 0 aliphatic carbocycles. The Labute approximate surface area is 279 Å². The van der Waals surface area contributed by atoms with Crippen LogP contribution in [0.3, 0.4) is 0 Å². The van der Waals surface area contributed by atoms with Crippen LogP contribution < -0.4 is 25.4 Å². The lowest BCUT2D eigenvalue weighted by Gasteiger charge is -2.28. The van der Waals surface area contributed by atoms with Crippen molar-refractivity contribution in [2.75, 3.05) is 0 Å². The Kier molecular flexibility index (Phi) is 8.79. The van der Waals surface area contributed by atoms with E-state index in [9.17, 15) is 0 Å². The van der Waals surface area contributed by atoms with Crippen LogP contribution in [0.15, 0.2) is 152 Å². The molecular weight excluding hydrogens is 591 g/mol. The van der Waals surface area contributed by atoms with Crippen LogP contribution in [-0.4, -0.2) is 12.2 Å². The largest absolute Gasteiger partial charge is 0.490 e. The van der Waals surface area contributed by atoms with Crippen LogP contribution in [0.25, 0.3) is 43.8 Å². The van der Waals surface area contributed by atoms with Crippen LogP contribution >= 0.6 is 7.92 Å². The molecule has 47 heavy (non-hydrogen) atoms. The van der Waals surface area contributed by atoms with Crippen LogP contribution in [-0.2, 0) is 0 Å². The highest BCUT2D eigenvalue weighted by Gasteiger charge is 2.28. The number of rotatable bonds is 9. The van der Waals surface area contributed by atoms with Gasteiger partial charge in [0.05, 0.1) is 12.2 Å². The minimum absolute atomic E-state index is 0.0235. The Morgan fingerprint density at radius 1 is 0.404 bits per heavy atom. The fourth-order valence-corrected chi connectivity index (χ4v) is 9.12. The number of benzene rings is 7. The third kappa shape index (κ3) is 6.14. The van der Waals surface area contributed by atoms with Crippen LogP contribution in [0.2, 0.25) is 0 Å². The van der Waals surface area contributed by atoms with Gasteiger partial charge in [0.15, 0.2) is 0 Å². The topological polar surface area (TPSA) is 18.5 Å². The van der Waals surface area contributed by atoms with Gasteiger partial charge in [-0.2, -0.15) is 0 Å². The zero-order valence-corrected chi connectivity index (χ0v) is 28.2. The molecule has 7 rings (SSSR count). The second kappa shape index (κ2) is 13.4. The molecule has 0 bridgehead atoms. The molecule has 0 atom stereocenters. The van der Waals surface area contributed by atoms with Crippen molar-refractivity contribution in [2.45, 2.75) is 39.9 Å². The van der Waals surface area contributed by atoms with Crippen molar-refractivity contribution in [2.24, 2.45) is 0 Å². The molecule has 0 N–H and O–H groups in total. The molecule has 0 spiro atoms. The molecule has 0 fully saturated rings. The van der Waals surface area contributed by atoms with Gasteiger partial charge in [0, 0.05) is 16.4 Å². The molecule has 0 aliphatic heterocycles. The Balaban J connectivity index is 1.67. The lowest BCUT2D eigenvalue weighted by atomic mass is 9.92. The van der Waals surface area contributed by atoms with Crippen molar-refractivity contribution in [1.29, 1.82) is 0 Å². The number of hydrogen-bond donors (Lipinski definition) is 0. The van der Waals surface area contributed by atoms with Crippen molar-refractivity contribution in [1.82, 2.24) is 0 Å². The van der Waals surface area contributed by atoms with Crippen LogP contribution in [0.4, 0.5) is 0 Å². The summed E-state index contributed by atoms with van der Waals surface area (Å²) in [5, 5.41) is 8.60. The van der Waals surface area contributed by atoms with E-state index in [0.29, 0.717) is 0 Å². The molecule has 3 heteroatoms. The van der Waals surface area contributed by atoms with Gasteiger partial charge in [0.25, 0.3) is 0 Å². The summed E-state index contributed by atoms with van der Waals surface area (Å²) in [6, 6.07) is 54.7. The molecule has 0 aliphatic rings. The van der Waals surface area contributed by atoms with E-state index in [0.717, 1.165) is 22.6 Å². The van der Waals surface area contributed by atoms with Crippen LogP contribution in [0.1, 0.15) is 27.7 Å². The van der Waals surface area contributed by atoms with Gasteiger partial charge in [-0.1, -0.05) is 140 Å². The Morgan fingerprint density at radius 3 is 1.23 bits per heavy atom. The first kappa shape index (κ1) is 30.7. The highest BCUT2D eigenvalue weighted by molar-refractivity contribution is 7.80. The predicted octanol–water partition coefficient (Wildman–Crippen LogP) is 10.7. The molecule has 0 unspecified atom stereocenters. The van der Waals surface area contributed by atoms with E-state index >= 15 is 0 Å². The Bertz CT molecular complexity index is 2000. The summed E-state index contributed by atoms with van der Waals surface area (Å²) < 4.78 is 13.3. The molecule has 0 saturated heterocycles. The maximum atomic E-state index is 6.63. The van der Waals surface area contributed by atoms with Crippen molar-refractivity contribution in [3.63, 3.8) is 0 Å². The summed E-state index contributed by atoms with van der Waals surface area (Å²) in [7, 11) is -1.02. The Morgan fingerprint density at radius 2 is 0.809 bits per heavy atom. The molecule has 0 amide bonds. The third-order valence-electron chi connectivity index (χ3n) is 8.33. The highest BCUT2D eigenvalue weighted by atomic mass is 31.1. The Hall–Kier alpha value is -4.91. The first-order chi connectivity index (χ1) is 23.0. The number of hydrogen-bond acceptors (Lipinski definition) is 2. The van der Waals surface area contributed by atoms with E-state index in [4.69, 9.17) is 9.47 Å². The molecule has 2 nitrogen and oxygen atoms in total. The summed E-state index contributed by atoms with van der Waals surface area (Å²) in [5.74, 6) is 1.79. The van der Waals surface area contributed by atoms with E-state index in [1.165, 1.54) is 48.6 Å². The fraction of sp³-hybridized carbons (Fsp3) is 0.136. The maximum absolute atomic E-state index is 6.63. The van der Waals surface area contributed by atoms with Crippen molar-refractivity contribution in [3.05, 3.63) is 152 Å². The number of fused-ring (bicyclic) bond motifs is 2. The van der Waals surface area contributed by atoms with Gasteiger partial charge in [-0.25, -0.2) is 0 Å². The fourth-order valence-electron chi connectivity index (χ4n) is 6.51. The average Bonchev–Trinajstić information content (AvgIpc) is 3.09. The molecule has 232 valence electrons. The highest BCUT2D eigenvalue weighted by Crippen LogP contribution is 2.48. The average molecular weight is 631 g/mol. The molecule has 7 aromatic rings. The maximum Gasteiger partial charge on any atom is 0.128 e. The second-order valence-corrected chi connectivity index (χ2v) is 14.5. The van der Waals surface area contributed by atoms with Crippen LogP contribution in [0, 0.1) is 0 Å². The van der Waals surface area contributed by atoms with Gasteiger partial charge in [0.2, 0.25) is 0 Å². The zero-order valence-electron chi connectivity index (χ0n) is 27.4. The summed E-state index contributed by atoms with van der Waals surface area (Å²) in [6.45, 7) is 8.40. The molecule has 0 saturated carbocycles. The van der Waals surface area contributed by atoms with Gasteiger partial charge in [-0.3, -0.25) is 0 Å². The van der Waals surface area contributed by atoms with Gasteiger partial charge >= 0.3 is 0 Å². The SMILES string of the molecule is CC(C)Oc1ccc2ccccc2c1-c1cccc(-c2c(OC(C)C)ccc3ccccc23)c1P(c1ccccc1)c1ccccc1. The quantitative estimate of drug-likeness (QED) is 0.148. The molecule has 0 heterocycles. The van der Waals surface area contributed by atoms with E-state index in [-0.39, 0.29) is 12.2 Å². The van der Waals surface area contributed by atoms with Crippen molar-refractivity contribution in [3.8, 4) is 33.8 Å². The standard InChI is InChI=1S/C44H39O2P/c1-30(2)45-40-28-26-32-16-11-13-22-36(32)42(40)38-24-15-25-39(43-37-23-14-12-17-33(37)27-29-41(43)46-31(3)4)44(38)47(34-18-7-5-8-19-34)35-20-9-6-10-21-35/h5-31H,1-4H3. The monoisotopic (exact) mass is 630 g/mol. The molecule has 0 aromatic heterocycles. The van der Waals surface area contributed by atoms with Crippen molar-refractivity contribution >= 4 is 45.4 Å². The second-order valence-electron chi connectivity index (χ2n) is 12.4. The van der Waals surface area contributed by atoms with Crippen LogP contribution in [0.5, 0.6) is 11.5 Å². The smallest absolute Gasteiger partial charge is 0.128 e. The first-order valence-corrected chi connectivity index (χ1v) is 17.7. The summed E-state index contributed by atoms with van der Waals surface area (Å²) in [5.41, 5.74) is 4.61. The van der Waals surface area contributed by atoms with E-state index in [2.05, 4.69) is 179 Å². The summed E-state index contributed by atoms with van der Waals surface area (Å²) in [6.07, 6.45) is 0.0471. The molecule has 7 aromatic carbocycles. The van der Waals surface area contributed by atoms with E-state index in [1.54, 1.807) is 0 Å². The normalized spacial score (nSPS) is 11.6. The molecule has 0 radical (unpaired) electrons. The predicted molar refractivity (Wildman–Crippen MR) is 203 cm³/mol. The minimum Gasteiger partial charge on any atom is -0.490 e. The first-order valence-electron chi connectivity index (χ1n) is 16.4. The minimum atomic E-state index is -1.02. The van der Waals surface area contributed by atoms with E-state index < -0.39 is 7.92 Å². The summed E-state index contributed by atoms with van der Waals surface area (Å²) in [4.78, 5) is 0. The third-order valence-corrected chi connectivity index (χ3v) is 10.9. The number of ether oxygens (including phenoxy) is 2. The zero-order chi connectivity index (χ0) is 32.3. The molecular formula is C44H39O2P. The van der Waals surface area contributed by atoms with E-state index in [1.807, 2.05) is 0 Å². The van der Waals surface area contributed by atoms with Crippen molar-refractivity contribution < 1.29 is 9.47 Å². The van der Waals surface area contributed by atoms with Gasteiger partial charge < -0.3 is 9.47 Å². The van der Waals surface area contributed by atoms with Gasteiger partial charge in [-0.15, -0.1) is 0 Å². The van der Waals surface area contributed by atoms with Gasteiger partial charge in [-0.05, 0) is 91.0 Å².